The summed E-state index contributed by atoms with van der Waals surface area (Å²) in [4.78, 5) is 42.1. The van der Waals surface area contributed by atoms with Gasteiger partial charge in [-0.15, -0.1) is 0 Å². The lowest BCUT2D eigenvalue weighted by Crippen LogP contribution is -2.23. The third kappa shape index (κ3) is 4.27. The minimum atomic E-state index is -0.872. The van der Waals surface area contributed by atoms with Crippen molar-refractivity contribution in [2.75, 3.05) is 13.2 Å². The lowest BCUT2D eigenvalue weighted by molar-refractivity contribution is -0.136. The number of esters is 2. The Hall–Kier alpha value is -3.81. The summed E-state index contributed by atoms with van der Waals surface area (Å²) >= 11 is 0. The molecule has 0 saturated carbocycles. The Morgan fingerprint density at radius 1 is 1.13 bits per heavy atom. The van der Waals surface area contributed by atoms with E-state index in [0.717, 1.165) is 12.1 Å². The molecule has 8 heteroatoms. The number of nitrogens with zero attached hydrogens (tertiary/aromatic N) is 2. The van der Waals surface area contributed by atoms with Gasteiger partial charge in [-0.2, -0.15) is 0 Å². The number of carbonyl (C=O) groups is 2. The molecule has 2 aromatic heterocycles. The number of rotatable bonds is 6. The highest BCUT2D eigenvalue weighted by Gasteiger charge is 2.22. The molecule has 0 spiro atoms. The highest BCUT2D eigenvalue weighted by atomic mass is 19.1. The Kier molecular flexibility index (Phi) is 6.36. The van der Waals surface area contributed by atoms with Crippen molar-refractivity contribution in [1.29, 1.82) is 0 Å². The summed E-state index contributed by atoms with van der Waals surface area (Å²) in [6, 6.07) is 8.66. The Balaban J connectivity index is 2.35. The number of halogens is 1. The van der Waals surface area contributed by atoms with Crippen molar-refractivity contribution < 1.29 is 23.5 Å². The van der Waals surface area contributed by atoms with E-state index in [4.69, 9.17) is 9.47 Å². The number of hydrogen-bond acceptors (Lipinski definition) is 6. The van der Waals surface area contributed by atoms with Gasteiger partial charge < -0.3 is 14.0 Å². The summed E-state index contributed by atoms with van der Waals surface area (Å²) in [5, 5.41) is -0.0724. The van der Waals surface area contributed by atoms with Crippen molar-refractivity contribution in [3.05, 3.63) is 76.1 Å². The Morgan fingerprint density at radius 2 is 1.90 bits per heavy atom. The lowest BCUT2D eigenvalue weighted by Gasteiger charge is -2.15. The number of hydrogen-bond donors (Lipinski definition) is 0. The smallest absolute Gasteiger partial charge is 0.355 e. The predicted octanol–water partition coefficient (Wildman–Crippen LogP) is 3.27. The van der Waals surface area contributed by atoms with Crippen molar-refractivity contribution in [3.8, 4) is 0 Å². The van der Waals surface area contributed by atoms with Gasteiger partial charge in [0.05, 0.1) is 24.4 Å². The second-order valence-corrected chi connectivity index (χ2v) is 6.13. The van der Waals surface area contributed by atoms with Crippen LogP contribution in [0.1, 0.15) is 29.9 Å². The number of carbonyl (C=O) groups excluding carboxylic acids is 2. The molecule has 0 N–H and O–H groups in total. The van der Waals surface area contributed by atoms with E-state index >= 15 is 0 Å². The number of ether oxygens (including phenoxy) is 2. The van der Waals surface area contributed by atoms with E-state index in [0.29, 0.717) is 5.69 Å². The molecule has 1 aromatic carbocycles. The normalized spacial score (nSPS) is 11.4. The minimum Gasteiger partial charge on any atom is -0.462 e. The number of aromatic nitrogens is 2. The fourth-order valence-corrected chi connectivity index (χ4v) is 2.89. The topological polar surface area (TPSA) is 87.5 Å². The number of pyridine rings is 2. The molecule has 0 fully saturated rings. The van der Waals surface area contributed by atoms with E-state index in [9.17, 15) is 18.8 Å². The molecule has 0 radical (unpaired) electrons. The van der Waals surface area contributed by atoms with Crippen LogP contribution in [0.15, 0.2) is 53.6 Å². The number of benzene rings is 1. The van der Waals surface area contributed by atoms with Crippen LogP contribution in [0.2, 0.25) is 0 Å². The molecule has 0 atom stereocenters. The zero-order valence-corrected chi connectivity index (χ0v) is 16.4. The van der Waals surface area contributed by atoms with E-state index in [1.807, 2.05) is 0 Å². The van der Waals surface area contributed by atoms with Gasteiger partial charge in [0.1, 0.15) is 17.1 Å². The fourth-order valence-electron chi connectivity index (χ4n) is 2.89. The molecule has 3 aromatic rings. The Morgan fingerprint density at radius 3 is 2.57 bits per heavy atom. The quantitative estimate of drug-likeness (QED) is 0.458. The molecule has 0 aliphatic rings. The van der Waals surface area contributed by atoms with Crippen molar-refractivity contribution in [2.24, 2.45) is 0 Å². The average Bonchev–Trinajstić information content (AvgIpc) is 2.74. The van der Waals surface area contributed by atoms with E-state index in [-0.39, 0.29) is 35.4 Å². The Bertz CT molecular complexity index is 1190. The molecule has 3 rings (SSSR count). The van der Waals surface area contributed by atoms with Crippen LogP contribution in [-0.4, -0.2) is 34.7 Å². The second kappa shape index (κ2) is 9.13. The first-order valence-electron chi connectivity index (χ1n) is 9.28. The van der Waals surface area contributed by atoms with E-state index < -0.39 is 23.2 Å². The van der Waals surface area contributed by atoms with Crippen molar-refractivity contribution in [3.63, 3.8) is 0 Å². The van der Waals surface area contributed by atoms with Gasteiger partial charge in [-0.3, -0.25) is 9.78 Å². The first kappa shape index (κ1) is 20.9. The van der Waals surface area contributed by atoms with E-state index in [1.165, 1.54) is 22.9 Å². The summed E-state index contributed by atoms with van der Waals surface area (Å²) in [5.74, 6) is -2.23. The van der Waals surface area contributed by atoms with Crippen LogP contribution in [0.3, 0.4) is 0 Å². The SMILES string of the molecule is CCOC(=O)/C(=C\c1ccccn1)n1cc(C(=O)OCC)c(=O)c2cc(F)ccc21. The zero-order chi connectivity index (χ0) is 21.7. The largest absolute Gasteiger partial charge is 0.462 e. The van der Waals surface area contributed by atoms with Crippen LogP contribution in [0.4, 0.5) is 4.39 Å². The first-order valence-corrected chi connectivity index (χ1v) is 9.28. The maximum absolute atomic E-state index is 13.9. The predicted molar refractivity (Wildman–Crippen MR) is 109 cm³/mol. The molecule has 0 aliphatic heterocycles. The molecule has 0 unspecified atom stereocenters. The van der Waals surface area contributed by atoms with Gasteiger partial charge in [-0.1, -0.05) is 6.07 Å². The standard InChI is InChI=1S/C22H19FN2O5/c1-3-29-21(27)17-13-25(18-9-8-14(23)11-16(18)20(17)26)19(22(28)30-4-2)12-15-7-5-6-10-24-15/h5-13H,3-4H2,1-2H3/b19-12+. The maximum atomic E-state index is 13.9. The van der Waals surface area contributed by atoms with Crippen LogP contribution in [-0.2, 0) is 14.3 Å². The molecule has 0 aliphatic carbocycles. The summed E-state index contributed by atoms with van der Waals surface area (Å²) in [5.41, 5.74) is -0.346. The highest BCUT2D eigenvalue weighted by molar-refractivity contribution is 6.17. The monoisotopic (exact) mass is 410 g/mol. The van der Waals surface area contributed by atoms with Gasteiger partial charge in [0.2, 0.25) is 5.43 Å². The van der Waals surface area contributed by atoms with Gasteiger partial charge in [-0.05, 0) is 50.3 Å². The second-order valence-electron chi connectivity index (χ2n) is 6.13. The molecule has 30 heavy (non-hydrogen) atoms. The highest BCUT2D eigenvalue weighted by Crippen LogP contribution is 2.21. The van der Waals surface area contributed by atoms with Crippen LogP contribution < -0.4 is 5.43 Å². The van der Waals surface area contributed by atoms with Crippen molar-refractivity contribution >= 4 is 34.6 Å². The maximum Gasteiger partial charge on any atom is 0.355 e. The van der Waals surface area contributed by atoms with Crippen LogP contribution in [0.5, 0.6) is 0 Å². The Labute approximate surface area is 171 Å². The van der Waals surface area contributed by atoms with Gasteiger partial charge in [-0.25, -0.2) is 14.0 Å². The average molecular weight is 410 g/mol. The van der Waals surface area contributed by atoms with Gasteiger partial charge in [0, 0.05) is 17.8 Å². The van der Waals surface area contributed by atoms with E-state index in [2.05, 4.69) is 4.98 Å². The van der Waals surface area contributed by atoms with Crippen LogP contribution in [0.25, 0.3) is 22.7 Å². The molecular weight excluding hydrogens is 391 g/mol. The first-order chi connectivity index (χ1) is 14.5. The summed E-state index contributed by atoms with van der Waals surface area (Å²) in [6.45, 7) is 3.41. The van der Waals surface area contributed by atoms with Crippen molar-refractivity contribution in [1.82, 2.24) is 9.55 Å². The van der Waals surface area contributed by atoms with E-state index in [1.54, 1.807) is 38.2 Å². The van der Waals surface area contributed by atoms with Gasteiger partial charge in [0.25, 0.3) is 0 Å². The fraction of sp³-hybridized carbons (Fsp3) is 0.182. The molecular formula is C22H19FN2O5. The lowest BCUT2D eigenvalue weighted by atomic mass is 10.1. The van der Waals surface area contributed by atoms with Crippen LogP contribution >= 0.6 is 0 Å². The van der Waals surface area contributed by atoms with Gasteiger partial charge >= 0.3 is 11.9 Å². The molecule has 0 saturated heterocycles. The molecule has 0 amide bonds. The zero-order valence-electron chi connectivity index (χ0n) is 16.4. The summed E-state index contributed by atoms with van der Waals surface area (Å²) in [7, 11) is 0. The summed E-state index contributed by atoms with van der Waals surface area (Å²) in [6.07, 6.45) is 4.21. The summed E-state index contributed by atoms with van der Waals surface area (Å²) < 4.78 is 25.3. The third-order valence-electron chi connectivity index (χ3n) is 4.18. The van der Waals surface area contributed by atoms with Crippen LogP contribution in [0, 0.1) is 5.82 Å². The molecule has 7 nitrogen and oxygen atoms in total. The van der Waals surface area contributed by atoms with Crippen molar-refractivity contribution in [2.45, 2.75) is 13.8 Å². The number of fused-ring (bicyclic) bond motifs is 1. The molecule has 0 bridgehead atoms. The third-order valence-corrected chi connectivity index (χ3v) is 4.18. The minimum absolute atomic E-state index is 0.00212. The molecule has 2 heterocycles. The van der Waals surface area contributed by atoms with Gasteiger partial charge in [0.15, 0.2) is 0 Å². The molecule has 154 valence electrons.